The first kappa shape index (κ1) is 23.6. The molecular weight excluding hydrogens is 452 g/mol. The molecule has 0 saturated carbocycles. The molecule has 1 aliphatic rings. The molecule has 0 radical (unpaired) electrons. The lowest BCUT2D eigenvalue weighted by atomic mass is 10.1. The fourth-order valence-electron chi connectivity index (χ4n) is 4.79. The number of methoxy groups -OCH3 is 1. The van der Waals surface area contributed by atoms with Crippen LogP contribution in [-0.4, -0.2) is 38.8 Å². The van der Waals surface area contributed by atoms with Crippen molar-refractivity contribution in [3.63, 3.8) is 0 Å². The lowest BCUT2D eigenvalue weighted by Crippen LogP contribution is -2.37. The van der Waals surface area contributed by atoms with Gasteiger partial charge in [0.15, 0.2) is 0 Å². The smallest absolute Gasteiger partial charge is 0.270 e. The number of fused-ring (bicyclic) bond motifs is 1. The van der Waals surface area contributed by atoms with E-state index in [9.17, 15) is 9.59 Å². The van der Waals surface area contributed by atoms with Gasteiger partial charge in [-0.25, -0.2) is 4.68 Å². The van der Waals surface area contributed by atoms with E-state index in [1.807, 2.05) is 76.3 Å². The molecule has 4 aromatic rings. The highest BCUT2D eigenvalue weighted by Crippen LogP contribution is 2.21. The Morgan fingerprint density at radius 3 is 2.36 bits per heavy atom. The van der Waals surface area contributed by atoms with E-state index in [1.54, 1.807) is 19.5 Å². The predicted molar refractivity (Wildman–Crippen MR) is 138 cm³/mol. The van der Waals surface area contributed by atoms with E-state index >= 15 is 0 Å². The van der Waals surface area contributed by atoms with Gasteiger partial charge in [-0.2, -0.15) is 0 Å². The molecule has 0 atom stereocenters. The van der Waals surface area contributed by atoms with Gasteiger partial charge in [-0.05, 0) is 47.7 Å². The van der Waals surface area contributed by atoms with Gasteiger partial charge in [0.1, 0.15) is 5.75 Å². The van der Waals surface area contributed by atoms with Crippen LogP contribution in [0.15, 0.2) is 83.9 Å². The molecule has 2 aromatic carbocycles. The fourth-order valence-corrected chi connectivity index (χ4v) is 4.79. The van der Waals surface area contributed by atoms with Crippen LogP contribution in [0.25, 0.3) is 0 Å². The number of carbonyl (C=O) groups excluding carboxylic acids is 1. The lowest BCUT2D eigenvalue weighted by Gasteiger charge is -2.28. The maximum absolute atomic E-state index is 13.5. The van der Waals surface area contributed by atoms with Crippen LogP contribution in [0.5, 0.6) is 5.75 Å². The molecule has 3 heterocycles. The number of benzene rings is 2. The van der Waals surface area contributed by atoms with E-state index < -0.39 is 0 Å². The van der Waals surface area contributed by atoms with Crippen LogP contribution >= 0.6 is 0 Å². The number of nitrogens with zero attached hydrogens (tertiary/aromatic N) is 4. The number of carbonyl (C=O) groups is 1. The molecule has 7 heteroatoms. The minimum Gasteiger partial charge on any atom is -0.497 e. The van der Waals surface area contributed by atoms with Gasteiger partial charge in [0.25, 0.3) is 5.56 Å². The Labute approximate surface area is 210 Å². The number of aryl methyl sites for hydroxylation is 1. The first-order chi connectivity index (χ1) is 17.6. The van der Waals surface area contributed by atoms with Crippen molar-refractivity contribution in [2.24, 2.45) is 0 Å². The summed E-state index contributed by atoms with van der Waals surface area (Å²) in [4.78, 5) is 32.7. The molecule has 0 spiro atoms. The van der Waals surface area contributed by atoms with E-state index in [-0.39, 0.29) is 11.5 Å². The van der Waals surface area contributed by atoms with Gasteiger partial charge < -0.3 is 9.64 Å². The Morgan fingerprint density at radius 1 is 0.917 bits per heavy atom. The average Bonchev–Trinajstić information content (AvgIpc) is 3.18. The number of hydrogen-bond donors (Lipinski definition) is 0. The number of ether oxygens (including phenoxy) is 1. The van der Waals surface area contributed by atoms with Crippen molar-refractivity contribution >= 4 is 5.91 Å². The second kappa shape index (κ2) is 10.6. The zero-order chi connectivity index (χ0) is 24.9. The molecule has 0 aliphatic carbocycles. The summed E-state index contributed by atoms with van der Waals surface area (Å²) in [6.45, 7) is 2.03. The normalized spacial score (nSPS) is 12.9. The number of aromatic nitrogens is 3. The van der Waals surface area contributed by atoms with Crippen LogP contribution in [-0.2, 0) is 37.3 Å². The highest BCUT2D eigenvalue weighted by Gasteiger charge is 2.28. The van der Waals surface area contributed by atoms with Crippen LogP contribution in [0, 0.1) is 0 Å². The minimum atomic E-state index is 0.0322. The Kier molecular flexibility index (Phi) is 6.98. The van der Waals surface area contributed by atoms with Crippen LogP contribution in [0.1, 0.15) is 34.4 Å². The summed E-state index contributed by atoms with van der Waals surface area (Å²) in [5.74, 6) is 0.893. The SMILES string of the molecule is COc1ccc(Cn2c3c(c(=O)n2Cc2ccccc2)CCN(C(=O)CCc2cccnc2)C3)cc1. The third kappa shape index (κ3) is 5.10. The summed E-state index contributed by atoms with van der Waals surface area (Å²) in [7, 11) is 1.65. The quantitative estimate of drug-likeness (QED) is 0.384. The monoisotopic (exact) mass is 482 g/mol. The van der Waals surface area contributed by atoms with Crippen LogP contribution in [0.3, 0.4) is 0 Å². The molecule has 5 rings (SSSR count). The summed E-state index contributed by atoms with van der Waals surface area (Å²) in [5.41, 5.74) is 4.95. The first-order valence-electron chi connectivity index (χ1n) is 12.3. The van der Waals surface area contributed by atoms with E-state index in [2.05, 4.69) is 9.67 Å². The van der Waals surface area contributed by atoms with Gasteiger partial charge in [-0.15, -0.1) is 0 Å². The van der Waals surface area contributed by atoms with E-state index in [1.165, 1.54) is 0 Å². The molecule has 36 heavy (non-hydrogen) atoms. The standard InChI is InChI=1S/C29H30N4O3/c1-36-25-12-9-24(10-13-25)19-32-27-21-31(28(34)14-11-22-8-5-16-30-18-22)17-15-26(27)29(35)33(32)20-23-6-3-2-4-7-23/h2-10,12-13,16,18H,11,14-15,17,19-21H2,1H3. The van der Waals surface area contributed by atoms with Crippen LogP contribution in [0.2, 0.25) is 0 Å². The molecule has 2 aromatic heterocycles. The Balaban J connectivity index is 1.43. The Morgan fingerprint density at radius 2 is 1.64 bits per heavy atom. The molecule has 7 nitrogen and oxygen atoms in total. The molecular formula is C29H30N4O3. The number of amides is 1. The Bertz CT molecular complexity index is 1380. The first-order valence-corrected chi connectivity index (χ1v) is 12.3. The van der Waals surface area contributed by atoms with Crippen LogP contribution in [0.4, 0.5) is 0 Å². The van der Waals surface area contributed by atoms with E-state index in [4.69, 9.17) is 4.74 Å². The zero-order valence-corrected chi connectivity index (χ0v) is 20.5. The minimum absolute atomic E-state index is 0.0322. The van der Waals surface area contributed by atoms with Gasteiger partial charge in [0.05, 0.1) is 32.4 Å². The molecule has 0 N–H and O–H groups in total. The number of pyridine rings is 1. The third-order valence-electron chi connectivity index (χ3n) is 6.79. The molecule has 184 valence electrons. The second-order valence-electron chi connectivity index (χ2n) is 9.11. The molecule has 1 aliphatic heterocycles. The van der Waals surface area contributed by atoms with E-state index in [0.29, 0.717) is 45.4 Å². The van der Waals surface area contributed by atoms with Gasteiger partial charge in [0.2, 0.25) is 5.91 Å². The van der Waals surface area contributed by atoms with Crippen molar-refractivity contribution in [1.82, 2.24) is 19.2 Å². The predicted octanol–water partition coefficient (Wildman–Crippen LogP) is 3.67. The summed E-state index contributed by atoms with van der Waals surface area (Å²) >= 11 is 0. The summed E-state index contributed by atoms with van der Waals surface area (Å²) in [5, 5.41) is 0. The van der Waals surface area contributed by atoms with Gasteiger partial charge in [-0.1, -0.05) is 48.5 Å². The van der Waals surface area contributed by atoms with Crippen molar-refractivity contribution < 1.29 is 9.53 Å². The zero-order valence-electron chi connectivity index (χ0n) is 20.5. The molecule has 1 amide bonds. The van der Waals surface area contributed by atoms with Crippen molar-refractivity contribution in [3.05, 3.63) is 117 Å². The lowest BCUT2D eigenvalue weighted by molar-refractivity contribution is -0.132. The van der Waals surface area contributed by atoms with Crippen molar-refractivity contribution in [3.8, 4) is 5.75 Å². The van der Waals surface area contributed by atoms with Crippen molar-refractivity contribution in [2.45, 2.75) is 38.9 Å². The summed E-state index contributed by atoms with van der Waals surface area (Å²) < 4.78 is 9.19. The summed E-state index contributed by atoms with van der Waals surface area (Å²) in [6, 6.07) is 21.8. The molecule has 0 unspecified atom stereocenters. The highest BCUT2D eigenvalue weighted by atomic mass is 16.5. The largest absolute Gasteiger partial charge is 0.497 e. The molecule has 0 bridgehead atoms. The van der Waals surface area contributed by atoms with Crippen LogP contribution < -0.4 is 10.3 Å². The third-order valence-corrected chi connectivity index (χ3v) is 6.79. The number of hydrogen-bond acceptors (Lipinski definition) is 4. The number of rotatable bonds is 8. The average molecular weight is 483 g/mol. The maximum Gasteiger partial charge on any atom is 0.270 e. The maximum atomic E-state index is 13.5. The highest BCUT2D eigenvalue weighted by molar-refractivity contribution is 5.76. The molecule has 0 fully saturated rings. The summed E-state index contributed by atoms with van der Waals surface area (Å²) in [6.07, 6.45) is 5.19. The second-order valence-corrected chi connectivity index (χ2v) is 9.11. The van der Waals surface area contributed by atoms with Gasteiger partial charge in [-0.3, -0.25) is 19.3 Å². The Hall–Kier alpha value is -4.13. The van der Waals surface area contributed by atoms with E-state index in [0.717, 1.165) is 33.7 Å². The fraction of sp³-hybridized carbons (Fsp3) is 0.276. The topological polar surface area (TPSA) is 69.4 Å². The van der Waals surface area contributed by atoms with Crippen molar-refractivity contribution in [2.75, 3.05) is 13.7 Å². The van der Waals surface area contributed by atoms with Gasteiger partial charge in [0, 0.05) is 30.9 Å². The van der Waals surface area contributed by atoms with Gasteiger partial charge >= 0.3 is 0 Å². The molecule has 0 saturated heterocycles. The van der Waals surface area contributed by atoms with Crippen molar-refractivity contribution in [1.29, 1.82) is 0 Å².